The van der Waals surface area contributed by atoms with Crippen LogP contribution in [0.4, 0.5) is 0 Å². The fraction of sp³-hybridized carbons (Fsp3) is 0.387. The van der Waals surface area contributed by atoms with Gasteiger partial charge in [-0.25, -0.2) is 0 Å². The monoisotopic (exact) mass is 578 g/mol. The predicted octanol–water partition coefficient (Wildman–Crippen LogP) is 1.77. The van der Waals surface area contributed by atoms with E-state index in [2.05, 4.69) is 0 Å². The van der Waals surface area contributed by atoms with Crippen LogP contribution >= 0.6 is 0 Å². The first-order valence-corrected chi connectivity index (χ1v) is 13.6. The highest BCUT2D eigenvalue weighted by Crippen LogP contribution is 2.53. The van der Waals surface area contributed by atoms with Crippen molar-refractivity contribution in [3.8, 4) is 17.2 Å². The molecule has 1 fully saturated rings. The van der Waals surface area contributed by atoms with Gasteiger partial charge in [-0.1, -0.05) is 12.1 Å². The average Bonchev–Trinajstić information content (AvgIpc) is 2.94. The summed E-state index contributed by atoms with van der Waals surface area (Å²) in [6.07, 6.45) is 1.42. The summed E-state index contributed by atoms with van der Waals surface area (Å²) in [6.45, 7) is 0. The van der Waals surface area contributed by atoms with Crippen molar-refractivity contribution in [1.29, 1.82) is 0 Å². The van der Waals surface area contributed by atoms with Crippen LogP contribution < -0.4 is 15.2 Å². The van der Waals surface area contributed by atoms with Crippen LogP contribution in [0.15, 0.2) is 47.2 Å². The third-order valence-electron chi connectivity index (χ3n) is 8.83. The van der Waals surface area contributed by atoms with E-state index in [1.165, 1.54) is 11.0 Å². The van der Waals surface area contributed by atoms with E-state index in [1.54, 1.807) is 34.4 Å². The van der Waals surface area contributed by atoms with Gasteiger partial charge in [0.05, 0.1) is 25.8 Å². The fourth-order valence-electron chi connectivity index (χ4n) is 6.86. The molecule has 6 N–H and O–H groups in total. The zero-order valence-electron chi connectivity index (χ0n) is 23.8. The Morgan fingerprint density at radius 1 is 1.05 bits per heavy atom. The molecule has 0 unspecified atom stereocenters. The second-order valence-corrected chi connectivity index (χ2v) is 11.2. The highest BCUT2D eigenvalue weighted by molar-refractivity contribution is 6.24. The van der Waals surface area contributed by atoms with Crippen LogP contribution in [0, 0.1) is 11.8 Å². The number of carbonyl (C=O) groups is 3. The summed E-state index contributed by atoms with van der Waals surface area (Å²) in [6, 6.07) is 7.70. The number of methoxy groups -OCH3 is 2. The summed E-state index contributed by atoms with van der Waals surface area (Å²) in [5.74, 6) is -5.49. The van der Waals surface area contributed by atoms with Gasteiger partial charge >= 0.3 is 0 Å². The van der Waals surface area contributed by atoms with Crippen LogP contribution in [-0.4, -0.2) is 82.8 Å². The Balaban J connectivity index is 1.58. The Labute approximate surface area is 242 Å². The van der Waals surface area contributed by atoms with Crippen LogP contribution in [0.3, 0.4) is 0 Å². The maximum absolute atomic E-state index is 14.0. The quantitative estimate of drug-likeness (QED) is 0.304. The lowest BCUT2D eigenvalue weighted by Gasteiger charge is -2.50. The van der Waals surface area contributed by atoms with E-state index < -0.39 is 58.0 Å². The summed E-state index contributed by atoms with van der Waals surface area (Å²) >= 11 is 0. The van der Waals surface area contributed by atoms with E-state index in [4.69, 9.17) is 15.2 Å². The number of carbonyl (C=O) groups excluding carboxylic acids is 3. The van der Waals surface area contributed by atoms with E-state index in [9.17, 15) is 34.8 Å². The third-order valence-corrected chi connectivity index (χ3v) is 8.83. The minimum atomic E-state index is -2.66. The van der Waals surface area contributed by atoms with Crippen molar-refractivity contribution in [3.63, 3.8) is 0 Å². The number of nitrogens with zero attached hydrogens (tertiary/aromatic N) is 1. The van der Waals surface area contributed by atoms with Gasteiger partial charge in [-0.2, -0.15) is 0 Å². The standard InChI is InChI=1S/C31H34N2O9/c1-33(2)25-18-13-16-12-17-15(7-5-14-6-10-20(41-3)21(11-14)42-4)8-9-19(34)23(17)26(35)22(16)28(37)31(18,40)29(38)24(27(25)36)30(32)39/h6,8-11,16,18,25,34-35,38,40H,5,7,12-13H2,1-4H3,(H2,32,39)/t16-,18-,25-,31-/m0/s1. The molecule has 0 aliphatic heterocycles. The molecule has 1 saturated carbocycles. The van der Waals surface area contributed by atoms with E-state index >= 15 is 0 Å². The first-order chi connectivity index (χ1) is 19.9. The molecular formula is C31H34N2O9. The number of nitrogens with two attached hydrogens (primary N) is 1. The molecule has 4 atom stereocenters. The molecule has 42 heavy (non-hydrogen) atoms. The Morgan fingerprint density at radius 3 is 2.36 bits per heavy atom. The zero-order valence-corrected chi connectivity index (χ0v) is 23.8. The van der Waals surface area contributed by atoms with Crippen molar-refractivity contribution >= 4 is 23.2 Å². The summed E-state index contributed by atoms with van der Waals surface area (Å²) in [4.78, 5) is 40.8. The summed E-state index contributed by atoms with van der Waals surface area (Å²) < 4.78 is 10.7. The van der Waals surface area contributed by atoms with Gasteiger partial charge in [-0.3, -0.25) is 19.3 Å². The van der Waals surface area contributed by atoms with Gasteiger partial charge in [-0.05, 0) is 80.6 Å². The highest BCUT2D eigenvalue weighted by atomic mass is 16.5. The molecule has 2 aromatic rings. The molecule has 5 rings (SSSR count). The Hall–Kier alpha value is -4.35. The second-order valence-electron chi connectivity index (χ2n) is 11.2. The number of rotatable bonds is 7. The van der Waals surface area contributed by atoms with Gasteiger partial charge in [0.15, 0.2) is 22.9 Å². The number of phenolic OH excluding ortho intramolecular Hbond substituents is 1. The van der Waals surface area contributed by atoms with E-state index in [1.807, 2.05) is 18.2 Å². The van der Waals surface area contributed by atoms with Crippen LogP contribution in [0.5, 0.6) is 17.2 Å². The molecule has 0 bridgehead atoms. The summed E-state index contributed by atoms with van der Waals surface area (Å²) in [7, 11) is 6.25. The van der Waals surface area contributed by atoms with Gasteiger partial charge in [0.2, 0.25) is 5.78 Å². The molecule has 0 radical (unpaired) electrons. The molecule has 0 aromatic heterocycles. The normalized spacial score (nSPS) is 25.2. The van der Waals surface area contributed by atoms with Crippen molar-refractivity contribution in [1.82, 2.24) is 4.90 Å². The van der Waals surface area contributed by atoms with Crippen LogP contribution in [0.2, 0.25) is 0 Å². The number of aliphatic hydroxyl groups excluding tert-OH is 2. The van der Waals surface area contributed by atoms with Crippen LogP contribution in [0.25, 0.3) is 5.76 Å². The molecule has 3 aliphatic rings. The Kier molecular flexibility index (Phi) is 7.28. The number of ketones is 2. The smallest absolute Gasteiger partial charge is 0.255 e. The number of fused-ring (bicyclic) bond motifs is 3. The zero-order chi connectivity index (χ0) is 30.7. The number of amides is 1. The molecule has 11 nitrogen and oxygen atoms in total. The summed E-state index contributed by atoms with van der Waals surface area (Å²) in [5.41, 5.74) is 4.26. The highest BCUT2D eigenvalue weighted by Gasteiger charge is 2.64. The first-order valence-electron chi connectivity index (χ1n) is 13.6. The van der Waals surface area contributed by atoms with Crippen LogP contribution in [0.1, 0.15) is 28.7 Å². The van der Waals surface area contributed by atoms with Crippen molar-refractivity contribution in [3.05, 3.63) is 69.5 Å². The molecule has 0 spiro atoms. The lowest BCUT2D eigenvalue weighted by Crippen LogP contribution is -2.65. The number of hydrogen-bond donors (Lipinski definition) is 5. The fourth-order valence-corrected chi connectivity index (χ4v) is 6.86. The molecule has 1 amide bonds. The number of primary amides is 1. The van der Waals surface area contributed by atoms with Gasteiger partial charge in [0, 0.05) is 11.5 Å². The van der Waals surface area contributed by atoms with Gasteiger partial charge < -0.3 is 35.6 Å². The minimum Gasteiger partial charge on any atom is -0.508 e. The molecular weight excluding hydrogens is 544 g/mol. The largest absolute Gasteiger partial charge is 0.508 e. The maximum Gasteiger partial charge on any atom is 0.255 e. The van der Waals surface area contributed by atoms with E-state index in [0.29, 0.717) is 29.9 Å². The maximum atomic E-state index is 14.0. The van der Waals surface area contributed by atoms with Crippen molar-refractivity contribution in [2.24, 2.45) is 17.6 Å². The number of benzene rings is 2. The summed E-state index contributed by atoms with van der Waals surface area (Å²) in [5, 5.41) is 44.9. The Morgan fingerprint density at radius 2 is 1.74 bits per heavy atom. The molecule has 11 heteroatoms. The SMILES string of the molecule is COc1ccc(CCc2ccc(O)c3c2C[C@H]2C[C@H]4[C@H](N(C)C)C(=O)C(C(N)=O)=C(O)[C@@]4(O)C(=O)C2=C3O)cc1OC. The van der Waals surface area contributed by atoms with Gasteiger partial charge in [-0.15, -0.1) is 0 Å². The topological polar surface area (TPSA) is 180 Å². The van der Waals surface area contributed by atoms with Crippen molar-refractivity contribution in [2.75, 3.05) is 28.3 Å². The van der Waals surface area contributed by atoms with Gasteiger partial charge in [0.25, 0.3) is 5.91 Å². The number of ether oxygens (including phenoxy) is 2. The number of hydrogen-bond acceptors (Lipinski definition) is 10. The molecule has 222 valence electrons. The molecule has 0 heterocycles. The number of Topliss-reactive ketones (excluding diaryl/α,β-unsaturated/α-hetero) is 2. The number of phenols is 1. The van der Waals surface area contributed by atoms with Crippen molar-refractivity contribution in [2.45, 2.75) is 37.3 Å². The van der Waals surface area contributed by atoms with E-state index in [-0.39, 0.29) is 29.7 Å². The lowest BCUT2D eigenvalue weighted by molar-refractivity contribution is -0.153. The minimum absolute atomic E-state index is 0.0382. The first kappa shape index (κ1) is 29.2. The Bertz CT molecular complexity index is 1570. The number of aliphatic hydroxyl groups is 3. The number of aromatic hydroxyl groups is 1. The number of likely N-dealkylation sites (N-methyl/N-ethyl adjacent to an activating group) is 1. The average molecular weight is 579 g/mol. The number of aryl methyl sites for hydroxylation is 2. The third kappa shape index (κ3) is 4.23. The molecule has 2 aromatic carbocycles. The molecule has 0 saturated heterocycles. The second kappa shape index (κ2) is 10.5. The lowest BCUT2D eigenvalue weighted by atomic mass is 9.57. The van der Waals surface area contributed by atoms with Gasteiger partial charge in [0.1, 0.15) is 22.8 Å². The van der Waals surface area contributed by atoms with E-state index in [0.717, 1.165) is 11.1 Å². The van der Waals surface area contributed by atoms with Crippen molar-refractivity contribution < 1.29 is 44.3 Å². The van der Waals surface area contributed by atoms with Crippen LogP contribution in [-0.2, 0) is 33.6 Å². The molecule has 3 aliphatic carbocycles. The predicted molar refractivity (Wildman–Crippen MR) is 151 cm³/mol.